The van der Waals surface area contributed by atoms with E-state index in [0.29, 0.717) is 36.4 Å². The van der Waals surface area contributed by atoms with E-state index in [1.807, 2.05) is 51.1 Å². The molecule has 4 rings (SSSR count). The lowest BCUT2D eigenvalue weighted by Gasteiger charge is -2.26. The molecule has 2 N–H and O–H groups in total. The Balaban J connectivity index is 1.42. The first-order valence-corrected chi connectivity index (χ1v) is 13.7. The summed E-state index contributed by atoms with van der Waals surface area (Å²) in [4.78, 5) is 53.8. The molecule has 0 saturated carbocycles. The number of rotatable bonds is 10. The van der Waals surface area contributed by atoms with Gasteiger partial charge in [0, 0.05) is 18.5 Å². The van der Waals surface area contributed by atoms with Crippen molar-refractivity contribution in [3.63, 3.8) is 0 Å². The third kappa shape index (κ3) is 6.91. The molecule has 1 fully saturated rings. The van der Waals surface area contributed by atoms with Crippen molar-refractivity contribution in [1.29, 1.82) is 0 Å². The summed E-state index contributed by atoms with van der Waals surface area (Å²) in [5.74, 6) is -0.783. The molecule has 0 aliphatic carbocycles. The van der Waals surface area contributed by atoms with Crippen molar-refractivity contribution in [2.45, 2.75) is 71.7 Å². The zero-order chi connectivity index (χ0) is 28.9. The second kappa shape index (κ2) is 12.4. The molecule has 3 atom stereocenters. The average molecular weight is 552 g/mol. The van der Waals surface area contributed by atoms with Gasteiger partial charge in [-0.25, -0.2) is 4.79 Å². The first-order chi connectivity index (χ1) is 19.1. The number of alkyl carbamates (subject to hydrolysis) is 1. The molecule has 40 heavy (non-hydrogen) atoms. The number of fused-ring (bicyclic) bond motifs is 1. The molecular formula is C30H37N3O7. The number of hydrogen-bond acceptors (Lipinski definition) is 7. The number of amides is 3. The van der Waals surface area contributed by atoms with Crippen LogP contribution in [0, 0.1) is 5.41 Å². The summed E-state index contributed by atoms with van der Waals surface area (Å²) in [5, 5.41) is 5.30. The van der Waals surface area contributed by atoms with E-state index in [4.69, 9.17) is 14.2 Å². The number of likely N-dealkylation sites (tertiary alicyclic amines) is 1. The van der Waals surface area contributed by atoms with Gasteiger partial charge in [-0.05, 0) is 42.5 Å². The molecule has 2 aliphatic heterocycles. The van der Waals surface area contributed by atoms with Crippen LogP contribution in [0.2, 0.25) is 0 Å². The molecule has 3 amide bonds. The molecule has 0 bridgehead atoms. The lowest BCUT2D eigenvalue weighted by molar-refractivity contribution is -0.139. The van der Waals surface area contributed by atoms with Gasteiger partial charge in [0.1, 0.15) is 6.04 Å². The van der Waals surface area contributed by atoms with Gasteiger partial charge in [0.25, 0.3) is 11.8 Å². The van der Waals surface area contributed by atoms with Crippen molar-refractivity contribution in [2.75, 3.05) is 13.3 Å². The van der Waals surface area contributed by atoms with Gasteiger partial charge in [0.05, 0.1) is 6.04 Å². The highest BCUT2D eigenvalue weighted by molar-refractivity contribution is 6.38. The van der Waals surface area contributed by atoms with E-state index in [0.717, 1.165) is 12.0 Å². The van der Waals surface area contributed by atoms with E-state index in [2.05, 4.69) is 10.6 Å². The Labute approximate surface area is 234 Å². The number of benzene rings is 2. The lowest BCUT2D eigenvalue weighted by Crippen LogP contribution is -2.49. The summed E-state index contributed by atoms with van der Waals surface area (Å²) in [6.07, 6.45) is 0.402. The monoisotopic (exact) mass is 551 g/mol. The van der Waals surface area contributed by atoms with Crippen LogP contribution in [0.5, 0.6) is 11.5 Å². The number of nitrogens with zero attached hydrogens (tertiary/aromatic N) is 1. The second-order valence-electron chi connectivity index (χ2n) is 11.0. The molecule has 214 valence electrons. The van der Waals surface area contributed by atoms with Gasteiger partial charge in [-0.15, -0.1) is 0 Å². The molecular weight excluding hydrogens is 514 g/mol. The first kappa shape index (κ1) is 28.9. The maximum Gasteiger partial charge on any atom is 0.409 e. The Bertz CT molecular complexity index is 1250. The van der Waals surface area contributed by atoms with Crippen molar-refractivity contribution in [2.24, 2.45) is 5.41 Å². The molecule has 10 nitrogen and oxygen atoms in total. The summed E-state index contributed by atoms with van der Waals surface area (Å²) in [7, 11) is 0. The summed E-state index contributed by atoms with van der Waals surface area (Å²) < 4.78 is 16.4. The van der Waals surface area contributed by atoms with Crippen molar-refractivity contribution in [1.82, 2.24) is 15.5 Å². The third-order valence-corrected chi connectivity index (χ3v) is 7.12. The number of hydrogen-bond donors (Lipinski definition) is 2. The molecule has 2 aliphatic rings. The number of unbranched alkanes of at least 4 members (excludes halogenated alkanes) is 1. The Morgan fingerprint density at radius 3 is 2.50 bits per heavy atom. The zero-order valence-electron chi connectivity index (χ0n) is 23.4. The van der Waals surface area contributed by atoms with Crippen molar-refractivity contribution in [3.8, 4) is 11.5 Å². The highest BCUT2D eigenvalue weighted by atomic mass is 16.7. The fourth-order valence-corrected chi connectivity index (χ4v) is 4.94. The van der Waals surface area contributed by atoms with Crippen molar-refractivity contribution >= 4 is 23.7 Å². The normalized spacial score (nSPS) is 18.5. The molecule has 1 saturated heterocycles. The SMILES string of the molecule is CCCC[C@H](NC(=O)OC1CC(C)(C)CN1C(=O)c1ccc2c(c1)OCO2)C(=O)C(=O)N[C@H](C)c1ccccc1. The highest BCUT2D eigenvalue weighted by Gasteiger charge is 2.43. The Hall–Kier alpha value is -4.08. The number of carbonyl (C=O) groups is 4. The van der Waals surface area contributed by atoms with Crippen LogP contribution >= 0.6 is 0 Å². The third-order valence-electron chi connectivity index (χ3n) is 7.12. The minimum atomic E-state index is -1.05. The van der Waals surface area contributed by atoms with Crippen LogP contribution in [0.1, 0.15) is 75.3 Å². The minimum Gasteiger partial charge on any atom is -0.454 e. The summed E-state index contributed by atoms with van der Waals surface area (Å²) >= 11 is 0. The number of nitrogens with one attached hydrogen (secondary N) is 2. The predicted octanol–water partition coefficient (Wildman–Crippen LogP) is 4.35. The number of carbonyl (C=O) groups excluding carboxylic acids is 4. The van der Waals surface area contributed by atoms with Gasteiger partial charge in [-0.2, -0.15) is 0 Å². The Morgan fingerprint density at radius 2 is 1.77 bits per heavy atom. The maximum absolute atomic E-state index is 13.4. The summed E-state index contributed by atoms with van der Waals surface area (Å²) in [5.41, 5.74) is 0.940. The van der Waals surface area contributed by atoms with Crippen LogP contribution in [-0.2, 0) is 14.3 Å². The topological polar surface area (TPSA) is 123 Å². The molecule has 2 aromatic carbocycles. The molecule has 10 heteroatoms. The summed E-state index contributed by atoms with van der Waals surface area (Å²) in [6.45, 7) is 8.18. The van der Waals surface area contributed by atoms with Gasteiger partial charge in [-0.1, -0.05) is 63.9 Å². The van der Waals surface area contributed by atoms with Crippen LogP contribution in [0.4, 0.5) is 4.79 Å². The van der Waals surface area contributed by atoms with Gasteiger partial charge >= 0.3 is 6.09 Å². The standard InChI is InChI=1S/C30H37N3O7/c1-5-6-12-22(26(34)27(35)31-19(2)20-10-8-7-9-11-20)32-29(37)40-25-16-30(3,4)17-33(25)28(36)21-13-14-23-24(15-21)39-18-38-23/h7-11,13-15,19,22,25H,5-6,12,16-18H2,1-4H3,(H,31,35)(H,32,37)/t19-,22+,25?/m1/s1. The molecule has 0 spiro atoms. The quantitative estimate of drug-likeness (QED) is 0.421. The van der Waals surface area contributed by atoms with E-state index in [1.54, 1.807) is 25.1 Å². The predicted molar refractivity (Wildman–Crippen MR) is 147 cm³/mol. The second-order valence-corrected chi connectivity index (χ2v) is 11.0. The number of Topliss-reactive ketones (excluding diaryl/α,β-unsaturated/α-hetero) is 1. The molecule has 0 radical (unpaired) electrons. The van der Waals surface area contributed by atoms with Crippen molar-refractivity contribution in [3.05, 3.63) is 59.7 Å². The fraction of sp³-hybridized carbons (Fsp3) is 0.467. The summed E-state index contributed by atoms with van der Waals surface area (Å²) in [6, 6.07) is 12.8. The van der Waals surface area contributed by atoms with Crippen LogP contribution in [0.15, 0.2) is 48.5 Å². The number of ketones is 1. The van der Waals surface area contributed by atoms with E-state index in [1.165, 1.54) is 4.90 Å². The van der Waals surface area contributed by atoms with Crippen LogP contribution in [0.25, 0.3) is 0 Å². The van der Waals surface area contributed by atoms with Crippen LogP contribution in [-0.4, -0.2) is 54.2 Å². The fourth-order valence-electron chi connectivity index (χ4n) is 4.94. The van der Waals surface area contributed by atoms with Gasteiger partial charge in [0.2, 0.25) is 12.6 Å². The average Bonchev–Trinajstić information content (AvgIpc) is 3.53. The van der Waals surface area contributed by atoms with Crippen molar-refractivity contribution < 1.29 is 33.4 Å². The van der Waals surface area contributed by atoms with Gasteiger partial charge < -0.3 is 29.7 Å². The molecule has 2 heterocycles. The van der Waals surface area contributed by atoms with Crippen LogP contribution in [0.3, 0.4) is 0 Å². The molecule has 1 unspecified atom stereocenters. The van der Waals surface area contributed by atoms with Gasteiger partial charge in [0.15, 0.2) is 17.7 Å². The van der Waals surface area contributed by atoms with E-state index in [-0.39, 0.29) is 30.6 Å². The van der Waals surface area contributed by atoms with Gasteiger partial charge in [-0.3, -0.25) is 14.4 Å². The Kier molecular flexibility index (Phi) is 8.96. The molecule has 0 aromatic heterocycles. The number of ether oxygens (including phenoxy) is 3. The maximum atomic E-state index is 13.4. The van der Waals surface area contributed by atoms with E-state index in [9.17, 15) is 19.2 Å². The first-order valence-electron chi connectivity index (χ1n) is 13.7. The lowest BCUT2D eigenvalue weighted by atomic mass is 9.93. The smallest absolute Gasteiger partial charge is 0.409 e. The highest BCUT2D eigenvalue weighted by Crippen LogP contribution is 2.37. The van der Waals surface area contributed by atoms with E-state index < -0.39 is 30.1 Å². The molecule has 2 aromatic rings. The van der Waals surface area contributed by atoms with Crippen LogP contribution < -0.4 is 20.1 Å². The Morgan fingerprint density at radius 1 is 1.05 bits per heavy atom. The zero-order valence-corrected chi connectivity index (χ0v) is 23.4. The largest absolute Gasteiger partial charge is 0.454 e. The minimum absolute atomic E-state index is 0.0940. The van der Waals surface area contributed by atoms with E-state index >= 15 is 0 Å².